The molecular weight excluding hydrogens is 258 g/mol. The predicted octanol–water partition coefficient (Wildman–Crippen LogP) is 2.15. The van der Waals surface area contributed by atoms with Gasteiger partial charge in [0, 0.05) is 4.47 Å². The molecule has 1 aromatic heterocycles. The molecule has 1 heterocycles. The van der Waals surface area contributed by atoms with Gasteiger partial charge in [0.15, 0.2) is 6.29 Å². The van der Waals surface area contributed by atoms with Gasteiger partial charge in [-0.15, -0.1) is 5.10 Å². The lowest BCUT2D eigenvalue weighted by molar-refractivity contribution is 0.111. The van der Waals surface area contributed by atoms with E-state index in [1.54, 1.807) is 4.68 Å². The second kappa shape index (κ2) is 3.94. The fourth-order valence-electron chi connectivity index (χ4n) is 1.28. The molecule has 0 spiro atoms. The highest BCUT2D eigenvalue weighted by molar-refractivity contribution is 9.10. The van der Waals surface area contributed by atoms with Crippen molar-refractivity contribution in [3.8, 4) is 5.69 Å². The van der Waals surface area contributed by atoms with Crippen LogP contribution < -0.4 is 0 Å². The van der Waals surface area contributed by atoms with E-state index in [0.29, 0.717) is 12.0 Å². The van der Waals surface area contributed by atoms with Crippen LogP contribution in [0.25, 0.3) is 5.69 Å². The van der Waals surface area contributed by atoms with Gasteiger partial charge in [0.25, 0.3) is 0 Å². The van der Waals surface area contributed by atoms with Crippen LogP contribution in [-0.2, 0) is 0 Å². The Balaban J connectivity index is 2.49. The van der Waals surface area contributed by atoms with Crippen molar-refractivity contribution in [2.24, 2.45) is 0 Å². The Kier molecular flexibility index (Phi) is 2.64. The molecule has 0 N–H and O–H groups in total. The van der Waals surface area contributed by atoms with Gasteiger partial charge in [-0.3, -0.25) is 4.79 Å². The lowest BCUT2D eigenvalue weighted by atomic mass is 10.3. The Morgan fingerprint density at radius 3 is 2.53 bits per heavy atom. The molecular formula is C10H8BrN3O. The minimum absolute atomic E-state index is 0.373. The van der Waals surface area contributed by atoms with Gasteiger partial charge in [-0.25, -0.2) is 4.68 Å². The van der Waals surface area contributed by atoms with Crippen molar-refractivity contribution in [1.82, 2.24) is 15.0 Å². The average Bonchev–Trinajstić information content (AvgIpc) is 2.61. The zero-order chi connectivity index (χ0) is 10.8. The number of carbonyl (C=O) groups excluding carboxylic acids is 1. The zero-order valence-electron chi connectivity index (χ0n) is 8.01. The van der Waals surface area contributed by atoms with E-state index in [4.69, 9.17) is 0 Å². The molecule has 4 nitrogen and oxygen atoms in total. The molecule has 0 aliphatic carbocycles. The molecule has 1 aromatic carbocycles. The molecule has 0 saturated carbocycles. The van der Waals surface area contributed by atoms with Gasteiger partial charge in [-0.1, -0.05) is 21.1 Å². The van der Waals surface area contributed by atoms with Crippen LogP contribution in [0.1, 0.15) is 16.2 Å². The number of carbonyl (C=O) groups is 1. The number of nitrogens with zero attached hydrogens (tertiary/aromatic N) is 3. The number of hydrogen-bond acceptors (Lipinski definition) is 3. The lowest BCUT2D eigenvalue weighted by Crippen LogP contribution is -1.99. The Hall–Kier alpha value is -1.49. The second-order valence-electron chi connectivity index (χ2n) is 3.07. The lowest BCUT2D eigenvalue weighted by Gasteiger charge is -2.02. The van der Waals surface area contributed by atoms with Crippen LogP contribution >= 0.6 is 15.9 Å². The fraction of sp³-hybridized carbons (Fsp3) is 0.100. The first kappa shape index (κ1) is 10.0. The molecule has 5 heteroatoms. The number of halogens is 1. The molecule has 0 amide bonds. The Bertz CT molecular complexity index is 490. The molecule has 0 saturated heterocycles. The van der Waals surface area contributed by atoms with Gasteiger partial charge in [0.05, 0.1) is 11.4 Å². The van der Waals surface area contributed by atoms with Crippen molar-refractivity contribution < 1.29 is 4.79 Å². The van der Waals surface area contributed by atoms with E-state index >= 15 is 0 Å². The first-order valence-electron chi connectivity index (χ1n) is 4.36. The second-order valence-corrected chi connectivity index (χ2v) is 3.98. The van der Waals surface area contributed by atoms with Gasteiger partial charge in [0.1, 0.15) is 5.69 Å². The van der Waals surface area contributed by atoms with Crippen LogP contribution in [0.2, 0.25) is 0 Å². The van der Waals surface area contributed by atoms with Crippen molar-refractivity contribution >= 4 is 22.2 Å². The maximum atomic E-state index is 10.6. The van der Waals surface area contributed by atoms with E-state index in [1.807, 2.05) is 31.2 Å². The summed E-state index contributed by atoms with van der Waals surface area (Å²) in [6.45, 7) is 1.81. The third-order valence-corrected chi connectivity index (χ3v) is 2.64. The summed E-state index contributed by atoms with van der Waals surface area (Å²) in [6.07, 6.45) is 0.706. The molecule has 15 heavy (non-hydrogen) atoms. The topological polar surface area (TPSA) is 47.8 Å². The summed E-state index contributed by atoms with van der Waals surface area (Å²) in [6, 6.07) is 7.63. The largest absolute Gasteiger partial charge is 0.296 e. The van der Waals surface area contributed by atoms with Crippen molar-refractivity contribution in [3.63, 3.8) is 0 Å². The van der Waals surface area contributed by atoms with Crippen molar-refractivity contribution in [1.29, 1.82) is 0 Å². The quantitative estimate of drug-likeness (QED) is 0.782. The first-order chi connectivity index (χ1) is 7.22. The highest BCUT2D eigenvalue weighted by atomic mass is 79.9. The minimum atomic E-state index is 0.373. The van der Waals surface area contributed by atoms with E-state index in [-0.39, 0.29) is 0 Å². The number of aldehydes is 1. The predicted molar refractivity (Wildman–Crippen MR) is 59.2 cm³/mol. The molecule has 2 rings (SSSR count). The van der Waals surface area contributed by atoms with Gasteiger partial charge in [0.2, 0.25) is 0 Å². The highest BCUT2D eigenvalue weighted by Gasteiger charge is 2.08. The molecule has 0 aliphatic heterocycles. The molecule has 0 bridgehead atoms. The summed E-state index contributed by atoms with van der Waals surface area (Å²) in [5.41, 5.74) is 2.00. The van der Waals surface area contributed by atoms with Crippen LogP contribution in [0.4, 0.5) is 0 Å². The van der Waals surface area contributed by atoms with Gasteiger partial charge >= 0.3 is 0 Å². The monoisotopic (exact) mass is 265 g/mol. The van der Waals surface area contributed by atoms with Crippen LogP contribution in [0.5, 0.6) is 0 Å². The number of benzene rings is 1. The van der Waals surface area contributed by atoms with Gasteiger partial charge in [-0.2, -0.15) is 0 Å². The van der Waals surface area contributed by atoms with Crippen molar-refractivity contribution in [2.75, 3.05) is 0 Å². The summed E-state index contributed by atoms with van der Waals surface area (Å²) in [5, 5.41) is 7.67. The third kappa shape index (κ3) is 1.83. The molecule has 76 valence electrons. The SMILES string of the molecule is Cc1c(C=O)nnn1-c1ccc(Br)cc1. The van der Waals surface area contributed by atoms with Crippen LogP contribution in [0.3, 0.4) is 0 Å². The van der Waals surface area contributed by atoms with E-state index < -0.39 is 0 Å². The van der Waals surface area contributed by atoms with Gasteiger partial charge < -0.3 is 0 Å². The Labute approximate surface area is 95.0 Å². The normalized spacial score (nSPS) is 10.3. The summed E-state index contributed by atoms with van der Waals surface area (Å²) < 4.78 is 2.63. The number of hydrogen-bond donors (Lipinski definition) is 0. The summed E-state index contributed by atoms with van der Waals surface area (Å²) in [7, 11) is 0. The standard InChI is InChI=1S/C10H8BrN3O/c1-7-10(6-15)12-13-14(7)9-4-2-8(11)3-5-9/h2-6H,1H3. The zero-order valence-corrected chi connectivity index (χ0v) is 9.60. The maximum absolute atomic E-state index is 10.6. The van der Waals surface area contributed by atoms with Crippen molar-refractivity contribution in [3.05, 3.63) is 40.1 Å². The van der Waals surface area contributed by atoms with E-state index in [9.17, 15) is 4.79 Å². The van der Waals surface area contributed by atoms with Crippen molar-refractivity contribution in [2.45, 2.75) is 6.92 Å². The summed E-state index contributed by atoms with van der Waals surface area (Å²) >= 11 is 3.35. The van der Waals surface area contributed by atoms with E-state index in [2.05, 4.69) is 26.2 Å². The fourth-order valence-corrected chi connectivity index (χ4v) is 1.54. The Morgan fingerprint density at radius 2 is 2.00 bits per heavy atom. The molecule has 0 unspecified atom stereocenters. The smallest absolute Gasteiger partial charge is 0.172 e. The summed E-state index contributed by atoms with van der Waals surface area (Å²) in [4.78, 5) is 10.6. The molecule has 0 radical (unpaired) electrons. The average molecular weight is 266 g/mol. The third-order valence-electron chi connectivity index (χ3n) is 2.11. The van der Waals surface area contributed by atoms with E-state index in [1.165, 1.54) is 0 Å². The molecule has 0 aliphatic rings. The first-order valence-corrected chi connectivity index (χ1v) is 5.15. The maximum Gasteiger partial charge on any atom is 0.172 e. The van der Waals surface area contributed by atoms with Gasteiger partial charge in [-0.05, 0) is 31.2 Å². The molecule has 0 atom stereocenters. The highest BCUT2D eigenvalue weighted by Crippen LogP contribution is 2.15. The minimum Gasteiger partial charge on any atom is -0.296 e. The van der Waals surface area contributed by atoms with E-state index in [0.717, 1.165) is 15.9 Å². The van der Waals surface area contributed by atoms with Crippen LogP contribution in [0.15, 0.2) is 28.7 Å². The number of aromatic nitrogens is 3. The summed E-state index contributed by atoms with van der Waals surface area (Å²) in [5.74, 6) is 0. The number of rotatable bonds is 2. The van der Waals surface area contributed by atoms with Crippen LogP contribution in [0, 0.1) is 6.92 Å². The molecule has 0 fully saturated rings. The van der Waals surface area contributed by atoms with Crippen LogP contribution in [-0.4, -0.2) is 21.3 Å². The molecule has 2 aromatic rings. The Morgan fingerprint density at radius 1 is 1.33 bits per heavy atom.